The van der Waals surface area contributed by atoms with E-state index in [1.807, 2.05) is 0 Å². The summed E-state index contributed by atoms with van der Waals surface area (Å²) in [5.74, 6) is -0.895. The molecule has 0 spiro atoms. The molecule has 2 N–H and O–H groups in total. The first kappa shape index (κ1) is 22.1. The molecule has 2 fully saturated rings. The third kappa shape index (κ3) is 4.85. The molecule has 32 heavy (non-hydrogen) atoms. The molecule has 0 radical (unpaired) electrons. The zero-order chi connectivity index (χ0) is 22.9. The highest BCUT2D eigenvalue weighted by molar-refractivity contribution is 5.65. The van der Waals surface area contributed by atoms with E-state index in [9.17, 15) is 22.4 Å². The van der Waals surface area contributed by atoms with E-state index >= 15 is 0 Å². The number of rotatable bonds is 7. The van der Waals surface area contributed by atoms with Crippen molar-refractivity contribution in [3.63, 3.8) is 0 Å². The number of methoxy groups -OCH3 is 1. The molecule has 0 bridgehead atoms. The van der Waals surface area contributed by atoms with Gasteiger partial charge in [0.05, 0.1) is 25.9 Å². The van der Waals surface area contributed by atoms with E-state index in [-0.39, 0.29) is 48.0 Å². The molecule has 2 heterocycles. The number of ether oxygens (including phenoxy) is 2. The summed E-state index contributed by atoms with van der Waals surface area (Å²) in [6.07, 6.45) is -2.41. The van der Waals surface area contributed by atoms with Crippen LogP contribution in [0.3, 0.4) is 0 Å². The lowest BCUT2D eigenvalue weighted by atomic mass is 10.1. The largest absolute Gasteiger partial charge is 0.495 e. The van der Waals surface area contributed by atoms with Gasteiger partial charge in [0.15, 0.2) is 0 Å². The van der Waals surface area contributed by atoms with Gasteiger partial charge >= 0.3 is 6.18 Å². The smallest absolute Gasteiger partial charge is 0.421 e. The van der Waals surface area contributed by atoms with Gasteiger partial charge in [0, 0.05) is 30.4 Å². The van der Waals surface area contributed by atoms with Crippen LogP contribution in [0.4, 0.5) is 35.0 Å². The lowest BCUT2D eigenvalue weighted by Gasteiger charge is -2.31. The summed E-state index contributed by atoms with van der Waals surface area (Å²) >= 11 is 0. The Morgan fingerprint density at radius 1 is 1.31 bits per heavy atom. The average molecular weight is 455 g/mol. The van der Waals surface area contributed by atoms with E-state index in [0.29, 0.717) is 19.2 Å². The first-order chi connectivity index (χ1) is 15.3. The summed E-state index contributed by atoms with van der Waals surface area (Å²) in [6.45, 7) is 0.872. The molecule has 2 aliphatic rings. The Bertz CT molecular complexity index is 1000. The van der Waals surface area contributed by atoms with Crippen molar-refractivity contribution in [2.45, 2.75) is 31.2 Å². The maximum absolute atomic E-state index is 14.9. The lowest BCUT2D eigenvalue weighted by Crippen LogP contribution is -2.37. The molecule has 1 aromatic carbocycles. The summed E-state index contributed by atoms with van der Waals surface area (Å²) in [4.78, 5) is 20.2. The minimum atomic E-state index is -4.61. The molecular formula is C20H21F4N5O3. The van der Waals surface area contributed by atoms with Crippen LogP contribution in [0.5, 0.6) is 5.75 Å². The van der Waals surface area contributed by atoms with E-state index in [2.05, 4.69) is 20.6 Å². The molecule has 1 amide bonds. The topological polar surface area (TPSA) is 88.6 Å². The molecule has 172 valence electrons. The second-order valence-electron chi connectivity index (χ2n) is 7.53. The van der Waals surface area contributed by atoms with Crippen molar-refractivity contribution in [3.8, 4) is 5.75 Å². The van der Waals surface area contributed by atoms with E-state index in [1.165, 1.54) is 18.1 Å². The molecule has 12 heteroatoms. The summed E-state index contributed by atoms with van der Waals surface area (Å²) < 4.78 is 65.6. The van der Waals surface area contributed by atoms with Crippen LogP contribution in [0.1, 0.15) is 30.1 Å². The Kier molecular flexibility index (Phi) is 6.04. The van der Waals surface area contributed by atoms with Gasteiger partial charge in [-0.05, 0) is 18.9 Å². The molecule has 1 atom stereocenters. The van der Waals surface area contributed by atoms with Crippen LogP contribution < -0.4 is 15.4 Å². The van der Waals surface area contributed by atoms with Crippen LogP contribution in [0.15, 0.2) is 18.3 Å². The van der Waals surface area contributed by atoms with Gasteiger partial charge in [0.1, 0.15) is 29.1 Å². The number of halogens is 4. The van der Waals surface area contributed by atoms with Gasteiger partial charge in [-0.3, -0.25) is 4.79 Å². The van der Waals surface area contributed by atoms with Gasteiger partial charge in [-0.1, -0.05) is 0 Å². The third-order valence-electron chi connectivity index (χ3n) is 5.17. The zero-order valence-electron chi connectivity index (χ0n) is 17.1. The number of aromatic nitrogens is 2. The fraction of sp³-hybridized carbons (Fsp3) is 0.450. The van der Waals surface area contributed by atoms with E-state index < -0.39 is 23.7 Å². The summed E-state index contributed by atoms with van der Waals surface area (Å²) in [7, 11) is 1.37. The molecule has 4 rings (SSSR count). The number of alkyl halides is 3. The lowest BCUT2D eigenvalue weighted by molar-refractivity contribution is -0.137. The molecule has 1 unspecified atom stereocenters. The normalized spacial score (nSPS) is 18.9. The Balaban J connectivity index is 1.61. The highest BCUT2D eigenvalue weighted by atomic mass is 19.4. The predicted molar refractivity (Wildman–Crippen MR) is 106 cm³/mol. The number of benzene rings is 1. The van der Waals surface area contributed by atoms with Gasteiger partial charge < -0.3 is 25.0 Å². The number of nitrogens with one attached hydrogen (secondary N) is 2. The SMILES string of the molecule is COc1cc(C2CN(C=O)CCO2)c(F)cc1Nc1ncc(C(F)(F)F)c(NC2CC2)n1. The van der Waals surface area contributed by atoms with E-state index in [1.54, 1.807) is 0 Å². The minimum absolute atomic E-state index is 0.0634. The van der Waals surface area contributed by atoms with Gasteiger partial charge in [-0.25, -0.2) is 9.37 Å². The van der Waals surface area contributed by atoms with Gasteiger partial charge in [-0.15, -0.1) is 0 Å². The highest BCUT2D eigenvalue weighted by Crippen LogP contribution is 2.38. The first-order valence-electron chi connectivity index (χ1n) is 9.94. The summed E-state index contributed by atoms with van der Waals surface area (Å²) in [5, 5.41) is 5.48. The van der Waals surface area contributed by atoms with Crippen molar-refractivity contribution in [1.82, 2.24) is 14.9 Å². The molecule has 1 aliphatic carbocycles. The fourth-order valence-electron chi connectivity index (χ4n) is 3.34. The van der Waals surface area contributed by atoms with Crippen molar-refractivity contribution in [1.29, 1.82) is 0 Å². The zero-order valence-corrected chi connectivity index (χ0v) is 17.1. The Morgan fingerprint density at radius 3 is 2.75 bits per heavy atom. The van der Waals surface area contributed by atoms with Crippen LogP contribution in [-0.4, -0.2) is 54.1 Å². The maximum atomic E-state index is 14.9. The number of hydrogen-bond donors (Lipinski definition) is 2. The molecule has 1 aliphatic heterocycles. The van der Waals surface area contributed by atoms with Crippen LogP contribution in [0.25, 0.3) is 0 Å². The minimum Gasteiger partial charge on any atom is -0.495 e. The van der Waals surface area contributed by atoms with Gasteiger partial charge in [0.2, 0.25) is 12.4 Å². The Labute approximate surface area is 180 Å². The molecule has 1 aromatic heterocycles. The maximum Gasteiger partial charge on any atom is 0.421 e. The number of carbonyl (C=O) groups excluding carboxylic acids is 1. The van der Waals surface area contributed by atoms with Crippen molar-refractivity contribution < 1.29 is 31.8 Å². The second-order valence-corrected chi connectivity index (χ2v) is 7.53. The summed E-state index contributed by atoms with van der Waals surface area (Å²) in [5.41, 5.74) is -0.644. The third-order valence-corrected chi connectivity index (χ3v) is 5.17. The number of anilines is 3. The number of nitrogens with zero attached hydrogens (tertiary/aromatic N) is 3. The van der Waals surface area contributed by atoms with Crippen LogP contribution in [0, 0.1) is 5.82 Å². The molecule has 1 saturated carbocycles. The Morgan fingerprint density at radius 2 is 2.09 bits per heavy atom. The van der Waals surface area contributed by atoms with Crippen LogP contribution in [-0.2, 0) is 15.7 Å². The number of amides is 1. The van der Waals surface area contributed by atoms with Crippen molar-refractivity contribution in [2.75, 3.05) is 37.4 Å². The molecule has 2 aromatic rings. The van der Waals surface area contributed by atoms with Crippen LogP contribution >= 0.6 is 0 Å². The highest BCUT2D eigenvalue weighted by Gasteiger charge is 2.37. The van der Waals surface area contributed by atoms with Gasteiger partial charge in [-0.2, -0.15) is 18.2 Å². The fourth-order valence-corrected chi connectivity index (χ4v) is 3.34. The monoisotopic (exact) mass is 455 g/mol. The Hall–Kier alpha value is -3.15. The van der Waals surface area contributed by atoms with Crippen LogP contribution in [0.2, 0.25) is 0 Å². The second kappa shape index (κ2) is 8.77. The number of carbonyl (C=O) groups is 1. The quantitative estimate of drug-likeness (QED) is 0.488. The van der Waals surface area contributed by atoms with Crippen molar-refractivity contribution >= 4 is 23.9 Å². The van der Waals surface area contributed by atoms with Crippen molar-refractivity contribution in [3.05, 3.63) is 35.3 Å². The molecule has 8 nitrogen and oxygen atoms in total. The van der Waals surface area contributed by atoms with E-state index in [4.69, 9.17) is 9.47 Å². The standard InChI is InChI=1S/C20H21F4N5O3/c1-31-16-6-12(17-9-29(10-30)4-5-32-17)14(21)7-15(16)27-19-25-8-13(20(22,23)24)18(28-19)26-11-2-3-11/h6-8,10-11,17H,2-5,9H2,1H3,(H2,25,26,27,28). The first-order valence-corrected chi connectivity index (χ1v) is 9.94. The number of hydrogen-bond acceptors (Lipinski definition) is 7. The average Bonchev–Trinajstić information content (AvgIpc) is 3.57. The summed E-state index contributed by atoms with van der Waals surface area (Å²) in [6, 6.07) is 2.49. The molecule has 1 saturated heterocycles. The van der Waals surface area contributed by atoms with Crippen molar-refractivity contribution in [2.24, 2.45) is 0 Å². The predicted octanol–water partition coefficient (Wildman–Crippen LogP) is 3.49. The molecular weight excluding hydrogens is 434 g/mol. The van der Waals surface area contributed by atoms with E-state index in [0.717, 1.165) is 18.9 Å². The van der Waals surface area contributed by atoms with Gasteiger partial charge in [0.25, 0.3) is 0 Å². The number of morpholine rings is 1.